The van der Waals surface area contributed by atoms with Crippen LogP contribution in [0.4, 0.5) is 5.95 Å². The van der Waals surface area contributed by atoms with Crippen molar-refractivity contribution < 1.29 is 4.79 Å². The molecule has 0 bridgehead atoms. The average molecular weight is 316 g/mol. The number of carbonyl (C=O) groups is 1. The molecule has 1 atom stereocenters. The minimum absolute atomic E-state index is 0.0187. The maximum Gasteiger partial charge on any atom is 0.225 e. The number of nitrogens with one attached hydrogen (secondary N) is 1. The lowest BCUT2D eigenvalue weighted by molar-refractivity contribution is -0.127. The van der Waals surface area contributed by atoms with E-state index >= 15 is 0 Å². The van der Waals surface area contributed by atoms with Crippen LogP contribution in [0, 0.1) is 11.8 Å². The highest BCUT2D eigenvalue weighted by atomic mass is 16.2. The van der Waals surface area contributed by atoms with Crippen LogP contribution in [-0.4, -0.2) is 34.5 Å². The summed E-state index contributed by atoms with van der Waals surface area (Å²) in [4.78, 5) is 23.5. The minimum atomic E-state index is -0.0187. The second-order valence-electron chi connectivity index (χ2n) is 7.57. The largest absolute Gasteiger partial charge is 0.351 e. The molecule has 126 valence electrons. The molecule has 1 aliphatic heterocycles. The average Bonchev–Trinajstić information content (AvgIpc) is 2.59. The Morgan fingerprint density at radius 1 is 1.26 bits per heavy atom. The van der Waals surface area contributed by atoms with E-state index in [0.29, 0.717) is 0 Å². The van der Waals surface area contributed by atoms with Gasteiger partial charge in [-0.15, -0.1) is 0 Å². The van der Waals surface area contributed by atoms with Crippen LogP contribution in [0.3, 0.4) is 0 Å². The van der Waals surface area contributed by atoms with Crippen molar-refractivity contribution in [3.8, 4) is 0 Å². The number of amides is 1. The van der Waals surface area contributed by atoms with Crippen molar-refractivity contribution in [2.75, 3.05) is 18.0 Å². The van der Waals surface area contributed by atoms with Gasteiger partial charge in [-0.3, -0.25) is 4.79 Å². The highest BCUT2D eigenvalue weighted by molar-refractivity contribution is 5.80. The lowest BCUT2D eigenvalue weighted by atomic mass is 9.78. The van der Waals surface area contributed by atoms with E-state index in [1.165, 1.54) is 12.8 Å². The number of piperidine rings is 1. The van der Waals surface area contributed by atoms with E-state index in [2.05, 4.69) is 34.0 Å². The first kappa shape index (κ1) is 16.2. The fraction of sp³-hybridized carbons (Fsp3) is 0.722. The van der Waals surface area contributed by atoms with Gasteiger partial charge < -0.3 is 10.2 Å². The third-order valence-electron chi connectivity index (χ3n) is 5.43. The molecule has 1 N–H and O–H groups in total. The molecule has 5 heteroatoms. The summed E-state index contributed by atoms with van der Waals surface area (Å²) in [6, 6.07) is 1.82. The lowest BCUT2D eigenvalue weighted by Crippen LogP contribution is -2.52. The molecule has 0 radical (unpaired) electrons. The highest BCUT2D eigenvalue weighted by Gasteiger charge is 2.34. The smallest absolute Gasteiger partial charge is 0.225 e. The van der Waals surface area contributed by atoms with Crippen molar-refractivity contribution >= 4 is 11.9 Å². The van der Waals surface area contributed by atoms with E-state index in [9.17, 15) is 4.79 Å². The van der Waals surface area contributed by atoms with E-state index in [-0.39, 0.29) is 17.4 Å². The Hall–Kier alpha value is -1.65. The van der Waals surface area contributed by atoms with Gasteiger partial charge in [0.2, 0.25) is 11.9 Å². The summed E-state index contributed by atoms with van der Waals surface area (Å²) in [5, 5.41) is 3.35. The molecule has 1 saturated heterocycles. The zero-order valence-electron chi connectivity index (χ0n) is 14.3. The molecule has 1 aromatic heterocycles. The SMILES string of the molecule is CC1CCC(C)(NC(=O)[C@H]2CCCN(c3ncccn3)C2)CC1. The van der Waals surface area contributed by atoms with Crippen molar-refractivity contribution in [3.63, 3.8) is 0 Å². The Kier molecular flexibility index (Phi) is 4.83. The number of rotatable bonds is 3. The van der Waals surface area contributed by atoms with Crippen molar-refractivity contribution in [1.82, 2.24) is 15.3 Å². The molecule has 0 spiro atoms. The van der Waals surface area contributed by atoms with Gasteiger partial charge in [0.05, 0.1) is 5.92 Å². The third kappa shape index (κ3) is 4.01. The Morgan fingerprint density at radius 3 is 2.65 bits per heavy atom. The summed E-state index contributed by atoms with van der Waals surface area (Å²) in [5.41, 5.74) is -0.0187. The van der Waals surface area contributed by atoms with Gasteiger partial charge in [-0.1, -0.05) is 6.92 Å². The summed E-state index contributed by atoms with van der Waals surface area (Å²) in [6.07, 6.45) is 10.1. The lowest BCUT2D eigenvalue weighted by Gasteiger charge is -2.39. The molecule has 0 unspecified atom stereocenters. The Bertz CT molecular complexity index is 525. The van der Waals surface area contributed by atoms with E-state index in [1.54, 1.807) is 12.4 Å². The van der Waals surface area contributed by atoms with Crippen molar-refractivity contribution in [1.29, 1.82) is 0 Å². The third-order valence-corrected chi connectivity index (χ3v) is 5.43. The van der Waals surface area contributed by atoms with Gasteiger partial charge in [0.1, 0.15) is 0 Å². The van der Waals surface area contributed by atoms with Gasteiger partial charge in [0, 0.05) is 31.0 Å². The maximum atomic E-state index is 12.8. The van der Waals surface area contributed by atoms with Crippen LogP contribution >= 0.6 is 0 Å². The molecule has 1 aliphatic carbocycles. The first-order valence-electron chi connectivity index (χ1n) is 8.90. The Labute approximate surface area is 138 Å². The molecule has 1 aromatic rings. The molecular formula is C18H28N4O. The first-order chi connectivity index (χ1) is 11.1. The first-order valence-corrected chi connectivity index (χ1v) is 8.90. The standard InChI is InChI=1S/C18H28N4O/c1-14-6-8-18(2,9-7-14)21-16(23)15-5-3-12-22(13-15)17-19-10-4-11-20-17/h4,10-11,14-15H,3,5-9,12-13H2,1-2H3,(H,21,23)/t14?,15-,18?/m0/s1. The van der Waals surface area contributed by atoms with E-state index < -0.39 is 0 Å². The molecule has 1 saturated carbocycles. The summed E-state index contributed by atoms with van der Waals surface area (Å²) in [5.74, 6) is 1.79. The van der Waals surface area contributed by atoms with E-state index in [0.717, 1.165) is 50.6 Å². The van der Waals surface area contributed by atoms with E-state index in [1.807, 2.05) is 6.07 Å². The van der Waals surface area contributed by atoms with Crippen LogP contribution in [-0.2, 0) is 4.79 Å². The molecule has 5 nitrogen and oxygen atoms in total. The minimum Gasteiger partial charge on any atom is -0.351 e. The number of carbonyl (C=O) groups excluding carboxylic acids is 1. The van der Waals surface area contributed by atoms with Crippen molar-refractivity contribution in [2.24, 2.45) is 11.8 Å². The fourth-order valence-electron chi connectivity index (χ4n) is 3.75. The van der Waals surface area contributed by atoms with Gasteiger partial charge in [0.25, 0.3) is 0 Å². The predicted octanol–water partition coefficient (Wildman–Crippen LogP) is 2.78. The normalized spacial score (nSPS) is 31.7. The molecule has 2 fully saturated rings. The Balaban J connectivity index is 1.59. The van der Waals surface area contributed by atoms with Crippen molar-refractivity contribution in [2.45, 2.75) is 57.9 Å². The zero-order valence-corrected chi connectivity index (χ0v) is 14.3. The number of hydrogen-bond donors (Lipinski definition) is 1. The van der Waals surface area contributed by atoms with Crippen LogP contribution < -0.4 is 10.2 Å². The van der Waals surface area contributed by atoms with Gasteiger partial charge in [-0.25, -0.2) is 9.97 Å². The molecule has 23 heavy (non-hydrogen) atoms. The van der Waals surface area contributed by atoms with Gasteiger partial charge in [-0.05, 0) is 57.4 Å². The van der Waals surface area contributed by atoms with Crippen LogP contribution in [0.15, 0.2) is 18.5 Å². The zero-order chi connectivity index (χ0) is 16.3. The molecule has 1 amide bonds. The summed E-state index contributed by atoms with van der Waals surface area (Å²) >= 11 is 0. The molecule has 2 aliphatic rings. The Morgan fingerprint density at radius 2 is 1.96 bits per heavy atom. The second kappa shape index (κ2) is 6.85. The van der Waals surface area contributed by atoms with Gasteiger partial charge in [-0.2, -0.15) is 0 Å². The van der Waals surface area contributed by atoms with Crippen LogP contribution in [0.25, 0.3) is 0 Å². The molecular weight excluding hydrogens is 288 g/mol. The van der Waals surface area contributed by atoms with Gasteiger partial charge >= 0.3 is 0 Å². The number of anilines is 1. The summed E-state index contributed by atoms with van der Waals surface area (Å²) in [6.45, 7) is 6.17. The predicted molar refractivity (Wildman–Crippen MR) is 91.1 cm³/mol. The van der Waals surface area contributed by atoms with Crippen molar-refractivity contribution in [3.05, 3.63) is 18.5 Å². The monoisotopic (exact) mass is 316 g/mol. The van der Waals surface area contributed by atoms with Crippen LogP contribution in [0.5, 0.6) is 0 Å². The van der Waals surface area contributed by atoms with Crippen LogP contribution in [0.1, 0.15) is 52.4 Å². The van der Waals surface area contributed by atoms with E-state index in [4.69, 9.17) is 0 Å². The molecule has 0 aromatic carbocycles. The number of nitrogens with zero attached hydrogens (tertiary/aromatic N) is 3. The number of hydrogen-bond acceptors (Lipinski definition) is 4. The maximum absolute atomic E-state index is 12.8. The summed E-state index contributed by atoms with van der Waals surface area (Å²) < 4.78 is 0. The van der Waals surface area contributed by atoms with Crippen LogP contribution in [0.2, 0.25) is 0 Å². The molecule has 3 rings (SSSR count). The molecule has 2 heterocycles. The number of aromatic nitrogens is 2. The quantitative estimate of drug-likeness (QED) is 0.931. The topological polar surface area (TPSA) is 58.1 Å². The second-order valence-corrected chi connectivity index (χ2v) is 7.57. The fourth-order valence-corrected chi connectivity index (χ4v) is 3.75. The summed E-state index contributed by atoms with van der Waals surface area (Å²) in [7, 11) is 0. The van der Waals surface area contributed by atoms with Gasteiger partial charge in [0.15, 0.2) is 0 Å². The highest BCUT2D eigenvalue weighted by Crippen LogP contribution is 2.32.